The molecule has 360 valence electrons. The van der Waals surface area contributed by atoms with Crippen molar-refractivity contribution in [2.75, 3.05) is 16.8 Å². The van der Waals surface area contributed by atoms with Crippen LogP contribution in [0, 0.1) is 0 Å². The number of thioether (sulfide) groups is 2. The number of β-lactam (4-membered cyclic amide) rings is 1. The van der Waals surface area contributed by atoms with Crippen LogP contribution in [0.2, 0.25) is 0 Å². The van der Waals surface area contributed by atoms with E-state index in [0.29, 0.717) is 23.0 Å². The highest BCUT2D eigenvalue weighted by atomic mass is 32.2. The average molecular weight is 1010 g/mol. The maximum absolute atomic E-state index is 14.9. The van der Waals surface area contributed by atoms with Crippen LogP contribution >= 0.6 is 34.9 Å². The van der Waals surface area contributed by atoms with Crippen LogP contribution in [0.15, 0.2) is 185 Å². The van der Waals surface area contributed by atoms with Gasteiger partial charge in [0.05, 0.1) is 12.7 Å². The van der Waals surface area contributed by atoms with Gasteiger partial charge in [-0.05, 0) is 31.9 Å². The number of nitrogens with one attached hydrogen (secondary N) is 2. The van der Waals surface area contributed by atoms with E-state index in [1.165, 1.54) is 28.4 Å². The highest BCUT2D eigenvalue weighted by Crippen LogP contribution is 2.45. The number of carbonyl (C=O) groups is 4. The Morgan fingerprint density at radius 2 is 1.38 bits per heavy atom. The number of hydrogen-bond acceptors (Lipinski definition) is 14. The molecule has 0 bridgehead atoms. The number of oxime groups is 1. The smallest absolute Gasteiger partial charge is 0.413 e. The van der Waals surface area contributed by atoms with Gasteiger partial charge in [0.2, 0.25) is 5.60 Å². The van der Waals surface area contributed by atoms with Crippen molar-refractivity contribution in [2.45, 2.75) is 56.0 Å². The van der Waals surface area contributed by atoms with E-state index >= 15 is 0 Å². The zero-order valence-corrected chi connectivity index (χ0v) is 41.2. The number of fused-ring (bicyclic) bond motifs is 1. The first-order chi connectivity index (χ1) is 34.5. The SMILES string of the molecule is CC(C)(C)OC(=O)Nc1nc(/C(=N/OC(c2ccccc2)(c2ccccc2)c2ccccc2)C(=O)N[C@@H]2C(=O)N3C(C(=O)OC(c4ccccc4)c4ccccc4)=C(SCCn4ccnn4)CS[C@H]23)cs1. The van der Waals surface area contributed by atoms with Crippen LogP contribution in [0.3, 0.4) is 0 Å². The van der Waals surface area contributed by atoms with Gasteiger partial charge in [-0.15, -0.1) is 40.0 Å². The second kappa shape index (κ2) is 21.6. The van der Waals surface area contributed by atoms with Gasteiger partial charge in [-0.3, -0.25) is 24.5 Å². The molecule has 2 aliphatic heterocycles. The number of thiazole rings is 1. The van der Waals surface area contributed by atoms with Gasteiger partial charge in [0.15, 0.2) is 16.9 Å². The summed E-state index contributed by atoms with van der Waals surface area (Å²) < 4.78 is 13.5. The summed E-state index contributed by atoms with van der Waals surface area (Å²) in [5, 5.41) is 19.2. The number of carbonyl (C=O) groups excluding carboxylic acids is 4. The molecule has 3 amide bonds. The summed E-state index contributed by atoms with van der Waals surface area (Å²) in [4.78, 5) is 70.6. The van der Waals surface area contributed by atoms with Crippen molar-refractivity contribution in [3.63, 3.8) is 0 Å². The molecule has 2 N–H and O–H groups in total. The maximum atomic E-state index is 14.9. The number of benzene rings is 5. The van der Waals surface area contributed by atoms with E-state index in [-0.39, 0.29) is 22.2 Å². The van der Waals surface area contributed by atoms with Gasteiger partial charge in [0, 0.05) is 44.7 Å². The third kappa shape index (κ3) is 10.9. The molecular formula is C53H48N8O7S3. The second-order valence-electron chi connectivity index (χ2n) is 17.2. The molecule has 71 heavy (non-hydrogen) atoms. The quantitative estimate of drug-likeness (QED) is 0.0291. The fraction of sp³-hybridized carbons (Fsp3) is 0.208. The number of anilines is 1. The number of amides is 3. The van der Waals surface area contributed by atoms with Gasteiger partial charge in [-0.2, -0.15) is 0 Å². The van der Waals surface area contributed by atoms with E-state index in [1.54, 1.807) is 43.2 Å². The highest BCUT2D eigenvalue weighted by Gasteiger charge is 2.55. The Morgan fingerprint density at radius 3 is 1.92 bits per heavy atom. The number of aryl methyl sites for hydroxylation is 1. The van der Waals surface area contributed by atoms with Crippen molar-refractivity contribution < 1.29 is 33.5 Å². The van der Waals surface area contributed by atoms with Crippen LogP contribution in [0.1, 0.15) is 60.4 Å². The predicted octanol–water partition coefficient (Wildman–Crippen LogP) is 9.17. The molecule has 0 saturated carbocycles. The van der Waals surface area contributed by atoms with Crippen molar-refractivity contribution >= 4 is 69.6 Å². The third-order valence-electron chi connectivity index (χ3n) is 11.3. The number of rotatable bonds is 17. The lowest BCUT2D eigenvalue weighted by molar-refractivity contribution is -0.154. The third-order valence-corrected chi connectivity index (χ3v) is 14.6. The average Bonchev–Trinajstić information content (AvgIpc) is 4.09. The monoisotopic (exact) mass is 1000 g/mol. The number of aromatic nitrogens is 4. The van der Waals surface area contributed by atoms with Gasteiger partial charge in [0.1, 0.15) is 28.4 Å². The van der Waals surface area contributed by atoms with Crippen molar-refractivity contribution in [1.82, 2.24) is 30.2 Å². The molecule has 7 aromatic rings. The van der Waals surface area contributed by atoms with E-state index < -0.39 is 52.6 Å². The Kier molecular flexibility index (Phi) is 14.8. The molecule has 4 heterocycles. The summed E-state index contributed by atoms with van der Waals surface area (Å²) in [5.74, 6) is -1.12. The summed E-state index contributed by atoms with van der Waals surface area (Å²) in [6, 6.07) is 46.3. The predicted molar refractivity (Wildman–Crippen MR) is 274 cm³/mol. The van der Waals surface area contributed by atoms with Gasteiger partial charge < -0.3 is 19.6 Å². The maximum Gasteiger partial charge on any atom is 0.413 e. The largest absolute Gasteiger partial charge is 0.448 e. The van der Waals surface area contributed by atoms with Crippen molar-refractivity contribution in [1.29, 1.82) is 0 Å². The molecule has 2 aromatic heterocycles. The molecule has 5 aromatic carbocycles. The Hall–Kier alpha value is -7.54. The zero-order valence-electron chi connectivity index (χ0n) is 38.8. The van der Waals surface area contributed by atoms with Crippen molar-refractivity contribution in [3.8, 4) is 0 Å². The molecule has 0 unspecified atom stereocenters. The molecule has 1 fully saturated rings. The van der Waals surface area contributed by atoms with Crippen LogP contribution in [-0.4, -0.2) is 83.0 Å². The first-order valence-corrected chi connectivity index (χ1v) is 25.5. The van der Waals surface area contributed by atoms with Crippen LogP contribution in [-0.2, 0) is 40.8 Å². The normalized spacial score (nSPS) is 15.9. The molecule has 1 saturated heterocycles. The molecule has 0 spiro atoms. The summed E-state index contributed by atoms with van der Waals surface area (Å²) in [7, 11) is 0. The zero-order chi connectivity index (χ0) is 49.4. The number of esters is 1. The molecular weight excluding hydrogens is 957 g/mol. The van der Waals surface area contributed by atoms with Gasteiger partial charge in [-0.1, -0.05) is 162 Å². The summed E-state index contributed by atoms with van der Waals surface area (Å²) in [6.07, 6.45) is 1.83. The van der Waals surface area contributed by atoms with E-state index in [1.807, 2.05) is 152 Å². The second-order valence-corrected chi connectivity index (χ2v) is 20.4. The lowest BCUT2D eigenvalue weighted by Gasteiger charge is -2.49. The Balaban J connectivity index is 1.05. The van der Waals surface area contributed by atoms with Crippen LogP contribution in [0.25, 0.3) is 0 Å². The van der Waals surface area contributed by atoms with Gasteiger partial charge >= 0.3 is 12.1 Å². The lowest BCUT2D eigenvalue weighted by Crippen LogP contribution is -2.71. The summed E-state index contributed by atoms with van der Waals surface area (Å²) in [5.41, 5.74) is 1.40. The topological polar surface area (TPSA) is 179 Å². The Morgan fingerprint density at radius 1 is 0.817 bits per heavy atom. The molecule has 0 radical (unpaired) electrons. The van der Waals surface area contributed by atoms with E-state index in [0.717, 1.165) is 39.2 Å². The molecule has 9 rings (SSSR count). The van der Waals surface area contributed by atoms with Gasteiger partial charge in [0.25, 0.3) is 11.8 Å². The van der Waals surface area contributed by atoms with Crippen molar-refractivity contribution in [3.05, 3.63) is 214 Å². The summed E-state index contributed by atoms with van der Waals surface area (Å²) >= 11 is 3.89. The lowest BCUT2D eigenvalue weighted by atomic mass is 9.80. The first-order valence-electron chi connectivity index (χ1n) is 22.6. The Bertz CT molecular complexity index is 2890. The van der Waals surface area contributed by atoms with E-state index in [4.69, 9.17) is 14.3 Å². The van der Waals surface area contributed by atoms with Crippen LogP contribution in [0.5, 0.6) is 0 Å². The van der Waals surface area contributed by atoms with Crippen molar-refractivity contribution in [2.24, 2.45) is 5.16 Å². The minimum Gasteiger partial charge on any atom is -0.448 e. The van der Waals surface area contributed by atoms with Crippen LogP contribution < -0.4 is 10.6 Å². The fourth-order valence-electron chi connectivity index (χ4n) is 8.09. The fourth-order valence-corrected chi connectivity index (χ4v) is 11.3. The van der Waals surface area contributed by atoms with E-state index in [9.17, 15) is 19.2 Å². The standard InChI is InChI=1S/C53H48N8O7S3/c1-52(2,3)67-51(65)57-50-55-40(33-71-50)42(58-68-53(37-23-13-6-14-24-37,38-25-15-7-16-26-38)39-27-17-8-18-28-39)46(62)56-43-47(63)61-44(41(34-70-48(43)61)69-32-31-60-30-29-54-59-60)49(64)66-45(35-19-9-4-10-20-35)36-21-11-5-12-22-36/h4-30,33,43,45,48H,31-32,34H2,1-3H3,(H,56,62)(H,55,57,65)/b58-42-/t43-,48-/m1/s1. The number of ether oxygens (including phenoxy) is 2. The Labute approximate surface area is 422 Å². The molecule has 2 atom stereocenters. The first kappa shape index (κ1) is 48.5. The molecule has 15 nitrogen and oxygen atoms in total. The number of nitrogens with zero attached hydrogens (tertiary/aromatic N) is 6. The molecule has 0 aliphatic carbocycles. The van der Waals surface area contributed by atoms with Crippen LogP contribution in [0.4, 0.5) is 9.93 Å². The minimum absolute atomic E-state index is 0.0599. The molecule has 18 heteroatoms. The summed E-state index contributed by atoms with van der Waals surface area (Å²) in [6.45, 7) is 5.73. The highest BCUT2D eigenvalue weighted by molar-refractivity contribution is 8.06. The number of hydrogen-bond donors (Lipinski definition) is 2. The minimum atomic E-state index is -1.38. The van der Waals surface area contributed by atoms with E-state index in [2.05, 4.69) is 31.1 Å². The molecule has 2 aliphatic rings. The van der Waals surface area contributed by atoms with Gasteiger partial charge in [-0.25, -0.2) is 14.6 Å².